The third-order valence-electron chi connectivity index (χ3n) is 4.28. The van der Waals surface area contributed by atoms with Crippen molar-refractivity contribution >= 4 is 39.1 Å². The standard InChI is InChI=1S/C20H18N4O3S/c1-3-27-17(25)12-24-14-8-4-5-9-15(14)28-20(24)22-19(26)18-13(2)21-16-10-6-7-11-23(16)18/h4-11H,3,12H2,1-2H3. The number of aryl methyl sites for hydroxylation is 1. The van der Waals surface area contributed by atoms with Gasteiger partial charge < -0.3 is 9.30 Å². The quantitative estimate of drug-likeness (QED) is 0.499. The minimum Gasteiger partial charge on any atom is -0.465 e. The molecule has 0 atom stereocenters. The van der Waals surface area contributed by atoms with Gasteiger partial charge in [-0.2, -0.15) is 4.99 Å². The van der Waals surface area contributed by atoms with Crippen molar-refractivity contribution in [1.29, 1.82) is 0 Å². The average molecular weight is 394 g/mol. The van der Waals surface area contributed by atoms with E-state index in [0.717, 1.165) is 10.2 Å². The predicted octanol–water partition coefficient (Wildman–Crippen LogP) is 2.96. The van der Waals surface area contributed by atoms with Crippen LogP contribution in [0, 0.1) is 6.92 Å². The number of fused-ring (bicyclic) bond motifs is 2. The number of pyridine rings is 1. The van der Waals surface area contributed by atoms with Crippen LogP contribution in [0.4, 0.5) is 0 Å². The molecule has 4 aromatic rings. The van der Waals surface area contributed by atoms with Crippen molar-refractivity contribution in [2.75, 3.05) is 6.61 Å². The summed E-state index contributed by atoms with van der Waals surface area (Å²) < 4.78 is 9.46. The molecular weight excluding hydrogens is 376 g/mol. The second-order valence-electron chi connectivity index (χ2n) is 6.14. The highest BCUT2D eigenvalue weighted by atomic mass is 32.1. The summed E-state index contributed by atoms with van der Waals surface area (Å²) in [5.74, 6) is -0.772. The van der Waals surface area contributed by atoms with Crippen molar-refractivity contribution in [3.8, 4) is 0 Å². The van der Waals surface area contributed by atoms with Crippen molar-refractivity contribution < 1.29 is 14.3 Å². The predicted molar refractivity (Wildman–Crippen MR) is 106 cm³/mol. The van der Waals surface area contributed by atoms with Gasteiger partial charge in [0.1, 0.15) is 17.9 Å². The molecule has 0 N–H and O–H groups in total. The van der Waals surface area contributed by atoms with Crippen LogP contribution in [0.25, 0.3) is 15.9 Å². The Morgan fingerprint density at radius 3 is 2.79 bits per heavy atom. The molecule has 7 nitrogen and oxygen atoms in total. The van der Waals surface area contributed by atoms with Crippen LogP contribution in [0.1, 0.15) is 23.1 Å². The third kappa shape index (κ3) is 3.22. The number of thiazole rings is 1. The van der Waals surface area contributed by atoms with Crippen LogP contribution in [0.3, 0.4) is 0 Å². The lowest BCUT2D eigenvalue weighted by Crippen LogP contribution is -2.23. The SMILES string of the molecule is CCOC(=O)Cn1c(=NC(=O)c2c(C)nc3ccccn23)sc2ccccc21. The number of benzene rings is 1. The van der Waals surface area contributed by atoms with Crippen LogP contribution in [-0.4, -0.2) is 32.4 Å². The van der Waals surface area contributed by atoms with Gasteiger partial charge in [0, 0.05) is 6.20 Å². The van der Waals surface area contributed by atoms with Gasteiger partial charge in [0.05, 0.1) is 22.5 Å². The Labute approximate surface area is 164 Å². The highest BCUT2D eigenvalue weighted by Gasteiger charge is 2.17. The number of rotatable bonds is 4. The first-order valence-electron chi connectivity index (χ1n) is 8.85. The summed E-state index contributed by atoms with van der Waals surface area (Å²) in [6.07, 6.45) is 1.79. The molecule has 3 heterocycles. The fourth-order valence-corrected chi connectivity index (χ4v) is 4.13. The molecule has 0 unspecified atom stereocenters. The van der Waals surface area contributed by atoms with E-state index in [1.54, 1.807) is 29.0 Å². The summed E-state index contributed by atoms with van der Waals surface area (Å²) in [5, 5.41) is 0. The summed E-state index contributed by atoms with van der Waals surface area (Å²) in [6, 6.07) is 13.2. The number of imidazole rings is 1. The molecule has 8 heteroatoms. The number of esters is 1. The number of amides is 1. The largest absolute Gasteiger partial charge is 0.465 e. The highest BCUT2D eigenvalue weighted by Crippen LogP contribution is 2.18. The fourth-order valence-electron chi connectivity index (χ4n) is 3.11. The Kier molecular flexibility index (Phi) is 4.79. The highest BCUT2D eigenvalue weighted by molar-refractivity contribution is 7.16. The second-order valence-corrected chi connectivity index (χ2v) is 7.14. The third-order valence-corrected chi connectivity index (χ3v) is 5.34. The first kappa shape index (κ1) is 18.1. The summed E-state index contributed by atoms with van der Waals surface area (Å²) in [7, 11) is 0. The lowest BCUT2D eigenvalue weighted by atomic mass is 10.3. The number of nitrogens with zero attached hydrogens (tertiary/aromatic N) is 4. The summed E-state index contributed by atoms with van der Waals surface area (Å²) in [4.78, 5) is 34.3. The molecule has 0 spiro atoms. The molecule has 0 radical (unpaired) electrons. The Balaban J connectivity index is 1.85. The minimum absolute atomic E-state index is 0.00387. The van der Waals surface area contributed by atoms with Crippen molar-refractivity contribution in [2.24, 2.45) is 4.99 Å². The molecule has 0 aliphatic carbocycles. The molecule has 0 aliphatic heterocycles. The Bertz CT molecular complexity index is 1270. The van der Waals surface area contributed by atoms with Gasteiger partial charge >= 0.3 is 5.97 Å². The minimum atomic E-state index is -0.402. The zero-order chi connectivity index (χ0) is 19.7. The Hall–Kier alpha value is -3.26. The maximum absolute atomic E-state index is 13.0. The normalized spacial score (nSPS) is 12.0. The summed E-state index contributed by atoms with van der Waals surface area (Å²) >= 11 is 1.36. The molecule has 0 aliphatic rings. The van der Waals surface area contributed by atoms with Crippen LogP contribution in [0.2, 0.25) is 0 Å². The van der Waals surface area contributed by atoms with Gasteiger partial charge in [0.15, 0.2) is 4.80 Å². The Morgan fingerprint density at radius 2 is 1.96 bits per heavy atom. The van der Waals surface area contributed by atoms with E-state index in [1.165, 1.54) is 11.3 Å². The van der Waals surface area contributed by atoms with Gasteiger partial charge in [0.2, 0.25) is 0 Å². The van der Waals surface area contributed by atoms with Crippen LogP contribution < -0.4 is 4.80 Å². The molecule has 0 bridgehead atoms. The van der Waals surface area contributed by atoms with Crippen LogP contribution >= 0.6 is 11.3 Å². The number of carbonyl (C=O) groups excluding carboxylic acids is 2. The van der Waals surface area contributed by atoms with Crippen molar-refractivity contribution in [1.82, 2.24) is 14.0 Å². The van der Waals surface area contributed by atoms with Gasteiger partial charge in [-0.25, -0.2) is 4.98 Å². The summed E-state index contributed by atoms with van der Waals surface area (Å²) in [6.45, 7) is 3.84. The lowest BCUT2D eigenvalue weighted by Gasteiger charge is -2.05. The smallest absolute Gasteiger partial charge is 0.326 e. The maximum Gasteiger partial charge on any atom is 0.326 e. The number of aromatic nitrogens is 3. The van der Waals surface area contributed by atoms with Crippen molar-refractivity contribution in [2.45, 2.75) is 20.4 Å². The van der Waals surface area contributed by atoms with E-state index < -0.39 is 5.91 Å². The van der Waals surface area contributed by atoms with Gasteiger partial charge in [0.25, 0.3) is 5.91 Å². The number of carbonyl (C=O) groups is 2. The molecule has 0 fully saturated rings. The fraction of sp³-hybridized carbons (Fsp3) is 0.200. The first-order valence-corrected chi connectivity index (χ1v) is 9.67. The second kappa shape index (κ2) is 7.40. The van der Waals surface area contributed by atoms with Gasteiger partial charge in [-0.05, 0) is 38.1 Å². The molecule has 28 heavy (non-hydrogen) atoms. The van der Waals surface area contributed by atoms with E-state index in [-0.39, 0.29) is 12.5 Å². The lowest BCUT2D eigenvalue weighted by molar-refractivity contribution is -0.143. The monoisotopic (exact) mass is 394 g/mol. The molecule has 1 amide bonds. The van der Waals surface area contributed by atoms with Crippen LogP contribution in [-0.2, 0) is 16.1 Å². The van der Waals surface area contributed by atoms with E-state index in [4.69, 9.17) is 4.74 Å². The number of para-hydroxylation sites is 1. The van der Waals surface area contributed by atoms with Gasteiger partial charge in [-0.15, -0.1) is 0 Å². The number of hydrogen-bond donors (Lipinski definition) is 0. The van der Waals surface area contributed by atoms with Crippen molar-refractivity contribution in [3.05, 3.63) is 64.9 Å². The first-order chi connectivity index (χ1) is 13.6. The van der Waals surface area contributed by atoms with E-state index in [9.17, 15) is 9.59 Å². The molecule has 3 aromatic heterocycles. The van der Waals surface area contributed by atoms with Gasteiger partial charge in [-0.3, -0.25) is 14.0 Å². The van der Waals surface area contributed by atoms with Crippen LogP contribution in [0.5, 0.6) is 0 Å². The van der Waals surface area contributed by atoms with Gasteiger partial charge in [-0.1, -0.05) is 29.5 Å². The number of hydrogen-bond acceptors (Lipinski definition) is 5. The molecular formula is C20H18N4O3S. The number of ether oxygens (including phenoxy) is 1. The molecule has 0 saturated heterocycles. The molecule has 0 saturated carbocycles. The topological polar surface area (TPSA) is 78.0 Å². The summed E-state index contributed by atoms with van der Waals surface area (Å²) in [5.41, 5.74) is 2.55. The maximum atomic E-state index is 13.0. The molecule has 4 rings (SSSR count). The van der Waals surface area contributed by atoms with E-state index in [0.29, 0.717) is 28.4 Å². The van der Waals surface area contributed by atoms with Crippen molar-refractivity contribution in [3.63, 3.8) is 0 Å². The van der Waals surface area contributed by atoms with Crippen LogP contribution in [0.15, 0.2) is 53.7 Å². The molecule has 1 aromatic carbocycles. The van der Waals surface area contributed by atoms with E-state index in [1.807, 2.05) is 42.5 Å². The van der Waals surface area contributed by atoms with E-state index in [2.05, 4.69) is 9.98 Å². The van der Waals surface area contributed by atoms with E-state index >= 15 is 0 Å². The zero-order valence-corrected chi connectivity index (χ0v) is 16.3. The molecule has 142 valence electrons. The Morgan fingerprint density at radius 1 is 1.18 bits per heavy atom. The average Bonchev–Trinajstić information content (AvgIpc) is 3.19. The zero-order valence-electron chi connectivity index (χ0n) is 15.5.